The van der Waals surface area contributed by atoms with E-state index < -0.39 is 0 Å². The Bertz CT molecular complexity index is 886. The topological polar surface area (TPSA) is 72.2 Å². The number of benzene rings is 2. The van der Waals surface area contributed by atoms with Crippen LogP contribution in [0.15, 0.2) is 54.6 Å². The number of non-ortho nitro benzene ring substituents is 1. The number of rotatable bonds is 3. The lowest BCUT2D eigenvalue weighted by Crippen LogP contribution is -2.29. The average Bonchev–Trinajstić information content (AvgIpc) is 3.10. The molecule has 5 heteroatoms. The summed E-state index contributed by atoms with van der Waals surface area (Å²) in [5.41, 5.74) is 4.07. The average molecular weight is 334 g/mol. The molecular formula is C20H18N2O3. The zero-order valence-electron chi connectivity index (χ0n) is 13.8. The third-order valence-electron chi connectivity index (χ3n) is 5.23. The van der Waals surface area contributed by atoms with Crippen molar-refractivity contribution in [1.29, 1.82) is 0 Å². The molecular weight excluding hydrogens is 316 g/mol. The molecule has 0 spiro atoms. The quantitative estimate of drug-likeness (QED) is 0.385. The van der Waals surface area contributed by atoms with Crippen LogP contribution < -0.4 is 5.32 Å². The molecule has 2 aromatic carbocycles. The number of nitrogens with one attached hydrogen (secondary N) is 1. The van der Waals surface area contributed by atoms with Crippen LogP contribution in [0.25, 0.3) is 0 Å². The van der Waals surface area contributed by atoms with E-state index in [9.17, 15) is 14.9 Å². The SMILES string of the molecule is CC(=O)c1ccc2c(c1)[C@H]1C=CC[C@H]1[C@H](c1ccc([N+](=O)[O-])cc1)N2. The Morgan fingerprint density at radius 3 is 2.64 bits per heavy atom. The molecule has 0 amide bonds. The van der Waals surface area contributed by atoms with E-state index in [1.165, 1.54) is 0 Å². The first-order valence-electron chi connectivity index (χ1n) is 8.37. The van der Waals surface area contributed by atoms with Crippen molar-refractivity contribution in [2.75, 3.05) is 5.32 Å². The van der Waals surface area contributed by atoms with Crippen molar-refractivity contribution >= 4 is 17.2 Å². The first-order valence-corrected chi connectivity index (χ1v) is 8.37. The van der Waals surface area contributed by atoms with Gasteiger partial charge in [0.1, 0.15) is 0 Å². The number of hydrogen-bond donors (Lipinski definition) is 1. The largest absolute Gasteiger partial charge is 0.378 e. The van der Waals surface area contributed by atoms with Crippen LogP contribution in [0.3, 0.4) is 0 Å². The number of Topliss-reactive ketones (excluding diaryl/α,β-unsaturated/α-hetero) is 1. The fourth-order valence-corrected chi connectivity index (χ4v) is 3.95. The van der Waals surface area contributed by atoms with E-state index >= 15 is 0 Å². The number of anilines is 1. The molecule has 3 atom stereocenters. The minimum Gasteiger partial charge on any atom is -0.378 e. The highest BCUT2D eigenvalue weighted by molar-refractivity contribution is 5.95. The number of allylic oxidation sites excluding steroid dienone is 2. The summed E-state index contributed by atoms with van der Waals surface area (Å²) in [6.45, 7) is 1.58. The molecule has 2 aromatic rings. The highest BCUT2D eigenvalue weighted by Crippen LogP contribution is 2.50. The van der Waals surface area contributed by atoms with Gasteiger partial charge in [0.05, 0.1) is 11.0 Å². The van der Waals surface area contributed by atoms with E-state index in [1.807, 2.05) is 30.3 Å². The van der Waals surface area contributed by atoms with E-state index in [0.29, 0.717) is 5.92 Å². The predicted octanol–water partition coefficient (Wildman–Crippen LogP) is 4.62. The van der Waals surface area contributed by atoms with Gasteiger partial charge in [-0.2, -0.15) is 0 Å². The van der Waals surface area contributed by atoms with Crippen molar-refractivity contribution in [2.24, 2.45) is 5.92 Å². The molecule has 0 unspecified atom stereocenters. The van der Waals surface area contributed by atoms with E-state index in [4.69, 9.17) is 0 Å². The molecule has 2 aliphatic rings. The molecule has 126 valence electrons. The number of carbonyl (C=O) groups excluding carboxylic acids is 1. The standard InChI is InChI=1S/C20H18N2O3/c1-12(23)14-7-10-19-18(11-14)16-3-2-4-17(16)20(21-19)13-5-8-15(9-6-13)22(24)25/h2-3,5-11,16-17,20-21H,4H2,1H3/t16-,17+,20-/m0/s1. The molecule has 25 heavy (non-hydrogen) atoms. The molecule has 0 saturated heterocycles. The smallest absolute Gasteiger partial charge is 0.269 e. The predicted molar refractivity (Wildman–Crippen MR) is 95.9 cm³/mol. The molecule has 4 rings (SSSR count). The van der Waals surface area contributed by atoms with Gasteiger partial charge in [-0.3, -0.25) is 14.9 Å². The second-order valence-corrected chi connectivity index (χ2v) is 6.68. The van der Waals surface area contributed by atoms with Gasteiger partial charge < -0.3 is 5.32 Å². The maximum absolute atomic E-state index is 11.7. The molecule has 1 aliphatic heterocycles. The lowest BCUT2D eigenvalue weighted by molar-refractivity contribution is -0.384. The van der Waals surface area contributed by atoms with Gasteiger partial charge in [-0.25, -0.2) is 0 Å². The fourth-order valence-electron chi connectivity index (χ4n) is 3.95. The number of nitro benzene ring substituents is 1. The van der Waals surface area contributed by atoms with E-state index in [1.54, 1.807) is 19.1 Å². The maximum Gasteiger partial charge on any atom is 0.269 e. The highest BCUT2D eigenvalue weighted by atomic mass is 16.6. The van der Waals surface area contributed by atoms with Gasteiger partial charge in [0.2, 0.25) is 0 Å². The zero-order chi connectivity index (χ0) is 17.6. The van der Waals surface area contributed by atoms with Crippen molar-refractivity contribution < 1.29 is 9.72 Å². The maximum atomic E-state index is 11.7. The van der Waals surface area contributed by atoms with Crippen LogP contribution in [-0.4, -0.2) is 10.7 Å². The molecule has 0 radical (unpaired) electrons. The normalized spacial score (nSPS) is 23.5. The molecule has 0 saturated carbocycles. The van der Waals surface area contributed by atoms with Gasteiger partial charge in [0, 0.05) is 29.3 Å². The number of nitro groups is 1. The third kappa shape index (κ3) is 2.61. The van der Waals surface area contributed by atoms with Crippen LogP contribution in [0.2, 0.25) is 0 Å². The molecule has 0 aromatic heterocycles. The number of carbonyl (C=O) groups is 1. The first kappa shape index (κ1) is 15.6. The van der Waals surface area contributed by atoms with Crippen LogP contribution in [0.5, 0.6) is 0 Å². The molecule has 0 bridgehead atoms. The molecule has 5 nitrogen and oxygen atoms in total. The Morgan fingerprint density at radius 2 is 1.96 bits per heavy atom. The second-order valence-electron chi connectivity index (χ2n) is 6.68. The minimum absolute atomic E-state index is 0.0684. The van der Waals surface area contributed by atoms with Gasteiger partial charge in [-0.15, -0.1) is 0 Å². The van der Waals surface area contributed by atoms with E-state index in [0.717, 1.165) is 28.8 Å². The van der Waals surface area contributed by atoms with Crippen LogP contribution in [0.1, 0.15) is 46.8 Å². The highest BCUT2D eigenvalue weighted by Gasteiger charge is 2.38. The number of nitrogens with zero attached hydrogens (tertiary/aromatic N) is 1. The van der Waals surface area contributed by atoms with Gasteiger partial charge in [-0.05, 0) is 48.6 Å². The van der Waals surface area contributed by atoms with Crippen molar-refractivity contribution in [3.63, 3.8) is 0 Å². The van der Waals surface area contributed by atoms with Gasteiger partial charge in [-0.1, -0.05) is 24.3 Å². The van der Waals surface area contributed by atoms with Gasteiger partial charge in [0.25, 0.3) is 5.69 Å². The second kappa shape index (κ2) is 5.84. The van der Waals surface area contributed by atoms with E-state index in [-0.39, 0.29) is 28.4 Å². The van der Waals surface area contributed by atoms with Crippen LogP contribution >= 0.6 is 0 Å². The lowest BCUT2D eigenvalue weighted by atomic mass is 9.76. The zero-order valence-corrected chi connectivity index (χ0v) is 13.8. The fraction of sp³-hybridized carbons (Fsp3) is 0.250. The van der Waals surface area contributed by atoms with E-state index in [2.05, 4.69) is 17.5 Å². The summed E-state index contributed by atoms with van der Waals surface area (Å²) in [6.07, 6.45) is 5.35. The third-order valence-corrected chi connectivity index (χ3v) is 5.23. The summed E-state index contributed by atoms with van der Waals surface area (Å²) in [6, 6.07) is 12.7. The first-order chi connectivity index (χ1) is 12.0. The Morgan fingerprint density at radius 1 is 1.20 bits per heavy atom. The minimum atomic E-state index is -0.378. The van der Waals surface area contributed by atoms with Gasteiger partial charge >= 0.3 is 0 Å². The summed E-state index contributed by atoms with van der Waals surface area (Å²) in [5, 5.41) is 14.5. The summed E-state index contributed by atoms with van der Waals surface area (Å²) in [4.78, 5) is 22.2. The Balaban J connectivity index is 1.72. The van der Waals surface area contributed by atoms with Crippen molar-refractivity contribution in [2.45, 2.75) is 25.3 Å². The van der Waals surface area contributed by atoms with Crippen molar-refractivity contribution in [3.8, 4) is 0 Å². The summed E-state index contributed by atoms with van der Waals surface area (Å²) < 4.78 is 0. The number of fused-ring (bicyclic) bond motifs is 3. The Kier molecular flexibility index (Phi) is 3.64. The lowest BCUT2D eigenvalue weighted by Gasteiger charge is -2.37. The molecule has 1 heterocycles. The monoisotopic (exact) mass is 334 g/mol. The van der Waals surface area contributed by atoms with Crippen molar-refractivity contribution in [3.05, 3.63) is 81.4 Å². The molecule has 1 aliphatic carbocycles. The van der Waals surface area contributed by atoms with Crippen LogP contribution in [0, 0.1) is 16.0 Å². The number of hydrogen-bond acceptors (Lipinski definition) is 4. The number of ketones is 1. The summed E-state index contributed by atoms with van der Waals surface area (Å²) in [7, 11) is 0. The molecule has 1 N–H and O–H groups in total. The summed E-state index contributed by atoms with van der Waals surface area (Å²) in [5.74, 6) is 0.672. The van der Waals surface area contributed by atoms with Gasteiger partial charge in [0.15, 0.2) is 5.78 Å². The molecule has 0 fully saturated rings. The van der Waals surface area contributed by atoms with Crippen LogP contribution in [0.4, 0.5) is 11.4 Å². The summed E-state index contributed by atoms with van der Waals surface area (Å²) >= 11 is 0. The van der Waals surface area contributed by atoms with Crippen molar-refractivity contribution in [1.82, 2.24) is 0 Å². The Hall–Kier alpha value is -2.95. The van der Waals surface area contributed by atoms with Crippen LogP contribution in [-0.2, 0) is 0 Å². The Labute approximate surface area is 145 Å².